The van der Waals surface area contributed by atoms with Crippen LogP contribution < -0.4 is 0 Å². The Balaban J connectivity index is 1.60. The third-order valence-electron chi connectivity index (χ3n) is 5.26. The van der Waals surface area contributed by atoms with Gasteiger partial charge in [0.25, 0.3) is 0 Å². The molecule has 3 heteroatoms. The average molecular weight is 370 g/mol. The molecule has 3 rings (SSSR count). The third kappa shape index (κ3) is 6.15. The Morgan fingerprint density at radius 3 is 1.88 bits per heavy atom. The first kappa shape index (κ1) is 19.5. The molecule has 1 aliphatic rings. The number of ether oxygens (including phenoxy) is 1. The highest BCUT2D eigenvalue weighted by molar-refractivity contribution is 7.98. The summed E-state index contributed by atoms with van der Waals surface area (Å²) in [5.74, 6) is 1.11. The first-order valence-electron chi connectivity index (χ1n) is 9.77. The number of thioether (sulfide) groups is 1. The lowest BCUT2D eigenvalue weighted by Crippen LogP contribution is -2.39. The van der Waals surface area contributed by atoms with Gasteiger partial charge in [0.2, 0.25) is 0 Å². The van der Waals surface area contributed by atoms with E-state index in [1.54, 1.807) is 0 Å². The molecule has 0 N–H and O–H groups in total. The molecule has 0 heterocycles. The average Bonchev–Trinajstić information content (AvgIpc) is 2.70. The second kappa shape index (κ2) is 10.8. The molecule has 2 aromatic carbocycles. The van der Waals surface area contributed by atoms with Crippen LogP contribution in [0.25, 0.3) is 0 Å². The Kier molecular flexibility index (Phi) is 8.06. The van der Waals surface area contributed by atoms with Crippen molar-refractivity contribution < 1.29 is 4.74 Å². The van der Waals surface area contributed by atoms with Crippen LogP contribution in [0.1, 0.15) is 36.8 Å². The minimum Gasteiger partial charge on any atom is -0.377 e. The summed E-state index contributed by atoms with van der Waals surface area (Å²) in [7, 11) is 0. The SMILES string of the molecule is CSCCO[C@H]1CC[C@H](N(Cc2ccccc2)Cc2ccccc2)CC1. The maximum Gasteiger partial charge on any atom is 0.0576 e. The number of nitrogens with zero attached hydrogens (tertiary/aromatic N) is 1. The maximum absolute atomic E-state index is 6.05. The van der Waals surface area contributed by atoms with Crippen LogP contribution in [-0.4, -0.2) is 35.7 Å². The van der Waals surface area contributed by atoms with E-state index in [0.717, 1.165) is 25.4 Å². The van der Waals surface area contributed by atoms with E-state index in [2.05, 4.69) is 71.8 Å². The molecular formula is C23H31NOS. The van der Waals surface area contributed by atoms with Crippen LogP contribution >= 0.6 is 11.8 Å². The van der Waals surface area contributed by atoms with Crippen LogP contribution in [0.15, 0.2) is 60.7 Å². The van der Waals surface area contributed by atoms with Crippen molar-refractivity contribution in [3.63, 3.8) is 0 Å². The Hall–Kier alpha value is -1.29. The van der Waals surface area contributed by atoms with Crippen molar-refractivity contribution in [2.75, 3.05) is 18.6 Å². The van der Waals surface area contributed by atoms with Crippen molar-refractivity contribution in [3.05, 3.63) is 71.8 Å². The topological polar surface area (TPSA) is 12.5 Å². The van der Waals surface area contributed by atoms with Crippen molar-refractivity contribution in [3.8, 4) is 0 Å². The molecule has 0 spiro atoms. The molecule has 1 fully saturated rings. The van der Waals surface area contributed by atoms with Gasteiger partial charge < -0.3 is 4.74 Å². The van der Waals surface area contributed by atoms with Crippen LogP contribution in [0.4, 0.5) is 0 Å². The highest BCUT2D eigenvalue weighted by Gasteiger charge is 2.26. The molecule has 26 heavy (non-hydrogen) atoms. The first-order valence-corrected chi connectivity index (χ1v) is 11.2. The summed E-state index contributed by atoms with van der Waals surface area (Å²) in [5.41, 5.74) is 2.81. The third-order valence-corrected chi connectivity index (χ3v) is 5.83. The molecule has 0 unspecified atom stereocenters. The van der Waals surface area contributed by atoms with E-state index >= 15 is 0 Å². The monoisotopic (exact) mass is 369 g/mol. The number of benzene rings is 2. The van der Waals surface area contributed by atoms with Gasteiger partial charge in [-0.2, -0.15) is 11.8 Å². The molecule has 0 bridgehead atoms. The van der Waals surface area contributed by atoms with E-state index < -0.39 is 0 Å². The summed E-state index contributed by atoms with van der Waals surface area (Å²) in [6.45, 7) is 2.95. The lowest BCUT2D eigenvalue weighted by molar-refractivity contribution is 0.0117. The zero-order valence-corrected chi connectivity index (χ0v) is 16.7. The van der Waals surface area contributed by atoms with Gasteiger partial charge in [-0.15, -0.1) is 0 Å². The lowest BCUT2D eigenvalue weighted by atomic mass is 9.91. The summed E-state index contributed by atoms with van der Waals surface area (Å²) in [6.07, 6.45) is 7.48. The minimum absolute atomic E-state index is 0.466. The van der Waals surface area contributed by atoms with Crippen LogP contribution in [0, 0.1) is 0 Å². The maximum atomic E-state index is 6.05. The molecule has 0 saturated heterocycles. The Bertz CT molecular complexity index is 569. The molecule has 2 aromatic rings. The zero-order chi connectivity index (χ0) is 18.0. The summed E-state index contributed by atoms with van der Waals surface area (Å²) < 4.78 is 6.05. The molecule has 2 nitrogen and oxygen atoms in total. The molecule has 0 atom stereocenters. The van der Waals surface area contributed by atoms with Crippen molar-refractivity contribution in [2.45, 2.75) is 50.9 Å². The number of hydrogen-bond acceptors (Lipinski definition) is 3. The van der Waals surface area contributed by atoms with Crippen molar-refractivity contribution in [1.82, 2.24) is 4.90 Å². The largest absolute Gasteiger partial charge is 0.377 e. The molecule has 0 radical (unpaired) electrons. The molecule has 0 amide bonds. The predicted octanol–water partition coefficient (Wildman–Crippen LogP) is 5.38. The van der Waals surface area contributed by atoms with E-state index in [1.165, 1.54) is 36.8 Å². The van der Waals surface area contributed by atoms with E-state index in [0.29, 0.717) is 12.1 Å². The molecule has 0 aromatic heterocycles. The first-order chi connectivity index (χ1) is 12.8. The van der Waals surface area contributed by atoms with Gasteiger partial charge in [-0.05, 0) is 43.1 Å². The van der Waals surface area contributed by atoms with Gasteiger partial charge in [0.15, 0.2) is 0 Å². The fraction of sp³-hybridized carbons (Fsp3) is 0.478. The van der Waals surface area contributed by atoms with Crippen LogP contribution in [0.2, 0.25) is 0 Å². The lowest BCUT2D eigenvalue weighted by Gasteiger charge is -2.37. The van der Waals surface area contributed by atoms with Crippen molar-refractivity contribution in [1.29, 1.82) is 0 Å². The molecular weight excluding hydrogens is 338 g/mol. The fourth-order valence-corrected chi connectivity index (χ4v) is 4.09. The van der Waals surface area contributed by atoms with E-state index in [4.69, 9.17) is 4.74 Å². The van der Waals surface area contributed by atoms with Gasteiger partial charge in [0.1, 0.15) is 0 Å². The van der Waals surface area contributed by atoms with Gasteiger partial charge in [-0.3, -0.25) is 4.90 Å². The summed E-state index contributed by atoms with van der Waals surface area (Å²) in [4.78, 5) is 2.67. The highest BCUT2D eigenvalue weighted by Crippen LogP contribution is 2.27. The quantitative estimate of drug-likeness (QED) is 0.551. The Labute approximate surface area is 162 Å². The predicted molar refractivity (Wildman–Crippen MR) is 113 cm³/mol. The second-order valence-corrected chi connectivity index (χ2v) is 8.16. The molecule has 1 aliphatic carbocycles. The highest BCUT2D eigenvalue weighted by atomic mass is 32.2. The van der Waals surface area contributed by atoms with Crippen LogP contribution in [0.5, 0.6) is 0 Å². The number of rotatable bonds is 9. The zero-order valence-electron chi connectivity index (χ0n) is 15.8. The van der Waals surface area contributed by atoms with Gasteiger partial charge in [-0.1, -0.05) is 60.7 Å². The van der Waals surface area contributed by atoms with Gasteiger partial charge in [0.05, 0.1) is 12.7 Å². The Morgan fingerprint density at radius 2 is 1.38 bits per heavy atom. The minimum atomic E-state index is 0.466. The molecule has 1 saturated carbocycles. The van der Waals surface area contributed by atoms with Crippen molar-refractivity contribution >= 4 is 11.8 Å². The smallest absolute Gasteiger partial charge is 0.0576 e. The van der Waals surface area contributed by atoms with Gasteiger partial charge >= 0.3 is 0 Å². The normalized spacial score (nSPS) is 20.4. The van der Waals surface area contributed by atoms with E-state index in [9.17, 15) is 0 Å². The van der Waals surface area contributed by atoms with Gasteiger partial charge in [0, 0.05) is 24.9 Å². The summed E-state index contributed by atoms with van der Waals surface area (Å²) >= 11 is 1.86. The van der Waals surface area contributed by atoms with Crippen molar-refractivity contribution in [2.24, 2.45) is 0 Å². The molecule has 0 aliphatic heterocycles. The number of hydrogen-bond donors (Lipinski definition) is 0. The molecule has 140 valence electrons. The second-order valence-electron chi connectivity index (χ2n) is 7.17. The van der Waals surface area contributed by atoms with Gasteiger partial charge in [-0.25, -0.2) is 0 Å². The summed E-state index contributed by atoms with van der Waals surface area (Å²) in [6, 6.07) is 22.4. The van der Waals surface area contributed by atoms with E-state index in [-0.39, 0.29) is 0 Å². The fourth-order valence-electron chi connectivity index (χ4n) is 3.83. The van der Waals surface area contributed by atoms with E-state index in [1.807, 2.05) is 11.8 Å². The summed E-state index contributed by atoms with van der Waals surface area (Å²) in [5, 5.41) is 0. The Morgan fingerprint density at radius 1 is 0.846 bits per heavy atom. The van der Waals surface area contributed by atoms with Crippen LogP contribution in [0.3, 0.4) is 0 Å². The standard InChI is InChI=1S/C23H31NOS/c1-26-17-16-25-23-14-12-22(13-15-23)24(18-20-8-4-2-5-9-20)19-21-10-6-3-7-11-21/h2-11,22-23H,12-19H2,1H3/t22-,23-. The van der Waals surface area contributed by atoms with Crippen LogP contribution in [-0.2, 0) is 17.8 Å².